The number of rotatable bonds is 2. The lowest BCUT2D eigenvalue weighted by molar-refractivity contribution is 0.0542. The second kappa shape index (κ2) is 3.36. The van der Waals surface area contributed by atoms with E-state index in [1.165, 1.54) is 11.1 Å². The van der Waals surface area contributed by atoms with Crippen LogP contribution in [0.25, 0.3) is 0 Å². The van der Waals surface area contributed by atoms with Crippen molar-refractivity contribution in [3.05, 3.63) is 29.3 Å². The van der Waals surface area contributed by atoms with Crippen molar-refractivity contribution in [2.75, 3.05) is 7.11 Å². The van der Waals surface area contributed by atoms with Crippen LogP contribution in [0.4, 0.5) is 0 Å². The molecule has 0 aromatic heterocycles. The molecule has 1 unspecified atom stereocenters. The molecule has 0 spiro atoms. The van der Waals surface area contributed by atoms with Crippen molar-refractivity contribution in [2.45, 2.75) is 18.9 Å². The van der Waals surface area contributed by atoms with Gasteiger partial charge in [0.15, 0.2) is 0 Å². The summed E-state index contributed by atoms with van der Waals surface area (Å²) in [5.74, 6) is 6.09. The number of methoxy groups -OCH3 is 1. The van der Waals surface area contributed by atoms with Crippen LogP contribution in [0.15, 0.2) is 18.2 Å². The van der Waals surface area contributed by atoms with Gasteiger partial charge in [0, 0.05) is 0 Å². The first kappa shape index (κ1) is 8.53. The maximum Gasteiger partial charge on any atom is 0.119 e. The molecule has 1 aromatic carbocycles. The van der Waals surface area contributed by atoms with E-state index >= 15 is 0 Å². The first-order valence-corrected chi connectivity index (χ1v) is 4.37. The molecule has 0 fully saturated rings. The van der Waals surface area contributed by atoms with Gasteiger partial charge in [-0.2, -0.15) is 0 Å². The SMILES string of the molecule is COc1ccc2c(c1)CCC2ON. The zero-order valence-electron chi connectivity index (χ0n) is 7.62. The van der Waals surface area contributed by atoms with Crippen LogP contribution in [0.1, 0.15) is 23.7 Å². The topological polar surface area (TPSA) is 44.5 Å². The Hall–Kier alpha value is -1.06. The van der Waals surface area contributed by atoms with Gasteiger partial charge in [0.1, 0.15) is 11.9 Å². The lowest BCUT2D eigenvalue weighted by Gasteiger charge is -2.08. The minimum atomic E-state index is 0.0703. The molecule has 1 aromatic rings. The van der Waals surface area contributed by atoms with Crippen LogP contribution in [0.5, 0.6) is 5.75 Å². The molecule has 3 nitrogen and oxygen atoms in total. The zero-order chi connectivity index (χ0) is 9.26. The number of nitrogens with two attached hydrogens (primary N) is 1. The summed E-state index contributed by atoms with van der Waals surface area (Å²) >= 11 is 0. The molecule has 13 heavy (non-hydrogen) atoms. The predicted molar refractivity (Wildman–Crippen MR) is 49.3 cm³/mol. The number of hydrogen-bond acceptors (Lipinski definition) is 3. The molecule has 0 heterocycles. The highest BCUT2D eigenvalue weighted by Gasteiger charge is 2.22. The molecule has 0 radical (unpaired) electrons. The highest BCUT2D eigenvalue weighted by molar-refractivity contribution is 5.39. The van der Waals surface area contributed by atoms with Gasteiger partial charge >= 0.3 is 0 Å². The van der Waals surface area contributed by atoms with Gasteiger partial charge in [0.2, 0.25) is 0 Å². The van der Waals surface area contributed by atoms with Gasteiger partial charge in [-0.05, 0) is 36.1 Å². The molecule has 70 valence electrons. The van der Waals surface area contributed by atoms with Crippen LogP contribution in [0.2, 0.25) is 0 Å². The third-order valence-electron chi connectivity index (χ3n) is 2.54. The minimum Gasteiger partial charge on any atom is -0.497 e. The predicted octanol–water partition coefficient (Wildman–Crippen LogP) is 1.57. The van der Waals surface area contributed by atoms with E-state index in [4.69, 9.17) is 15.5 Å². The Morgan fingerprint density at radius 1 is 1.46 bits per heavy atom. The maximum atomic E-state index is 5.19. The highest BCUT2D eigenvalue weighted by atomic mass is 16.6. The summed E-state index contributed by atoms with van der Waals surface area (Å²) in [6.07, 6.45) is 2.06. The van der Waals surface area contributed by atoms with Gasteiger partial charge in [-0.1, -0.05) is 6.07 Å². The monoisotopic (exact) mass is 179 g/mol. The molecule has 1 atom stereocenters. The fourth-order valence-corrected chi connectivity index (χ4v) is 1.82. The summed E-state index contributed by atoms with van der Waals surface area (Å²) in [4.78, 5) is 4.87. The Labute approximate surface area is 77.4 Å². The van der Waals surface area contributed by atoms with E-state index in [-0.39, 0.29) is 6.10 Å². The van der Waals surface area contributed by atoms with Crippen LogP contribution >= 0.6 is 0 Å². The second-order valence-corrected chi connectivity index (χ2v) is 3.23. The quantitative estimate of drug-likeness (QED) is 0.701. The summed E-state index contributed by atoms with van der Waals surface area (Å²) in [6.45, 7) is 0. The van der Waals surface area contributed by atoms with Crippen molar-refractivity contribution in [1.29, 1.82) is 0 Å². The fourth-order valence-electron chi connectivity index (χ4n) is 1.82. The fraction of sp³-hybridized carbons (Fsp3) is 0.400. The highest BCUT2D eigenvalue weighted by Crippen LogP contribution is 2.34. The Morgan fingerprint density at radius 2 is 2.31 bits per heavy atom. The van der Waals surface area contributed by atoms with Crippen LogP contribution in [0, 0.1) is 0 Å². The van der Waals surface area contributed by atoms with Crippen molar-refractivity contribution in [3.63, 3.8) is 0 Å². The molecule has 1 aliphatic rings. The largest absolute Gasteiger partial charge is 0.497 e. The third kappa shape index (κ3) is 1.41. The number of fused-ring (bicyclic) bond motifs is 1. The average molecular weight is 179 g/mol. The van der Waals surface area contributed by atoms with E-state index in [9.17, 15) is 0 Å². The molecule has 0 bridgehead atoms. The van der Waals surface area contributed by atoms with Gasteiger partial charge in [-0.3, -0.25) is 4.84 Å². The first-order chi connectivity index (χ1) is 6.35. The van der Waals surface area contributed by atoms with Gasteiger partial charge < -0.3 is 4.74 Å². The zero-order valence-corrected chi connectivity index (χ0v) is 7.62. The maximum absolute atomic E-state index is 5.19. The lowest BCUT2D eigenvalue weighted by atomic mass is 10.1. The van der Waals surface area contributed by atoms with Gasteiger partial charge in [0.05, 0.1) is 7.11 Å². The normalized spacial score (nSPS) is 20.0. The van der Waals surface area contributed by atoms with E-state index in [1.54, 1.807) is 7.11 Å². The standard InChI is InChI=1S/C10H13NO2/c1-12-8-3-4-9-7(6-8)2-5-10(9)13-11/h3-4,6,10H,2,5,11H2,1H3. The second-order valence-electron chi connectivity index (χ2n) is 3.23. The van der Waals surface area contributed by atoms with E-state index in [2.05, 4.69) is 0 Å². The summed E-state index contributed by atoms with van der Waals surface area (Å²) < 4.78 is 5.14. The third-order valence-corrected chi connectivity index (χ3v) is 2.54. The van der Waals surface area contributed by atoms with Crippen molar-refractivity contribution < 1.29 is 9.57 Å². The molecule has 0 aliphatic heterocycles. The summed E-state index contributed by atoms with van der Waals surface area (Å²) in [5.41, 5.74) is 2.48. The molecular formula is C10H13NO2. The molecular weight excluding hydrogens is 166 g/mol. The average Bonchev–Trinajstić information content (AvgIpc) is 2.59. The van der Waals surface area contributed by atoms with E-state index < -0.39 is 0 Å². The number of aryl methyl sites for hydroxylation is 1. The van der Waals surface area contributed by atoms with E-state index in [1.807, 2.05) is 18.2 Å². The molecule has 2 N–H and O–H groups in total. The van der Waals surface area contributed by atoms with E-state index in [0.29, 0.717) is 0 Å². The van der Waals surface area contributed by atoms with Crippen LogP contribution in [0.3, 0.4) is 0 Å². The Bertz CT molecular complexity index is 312. The van der Waals surface area contributed by atoms with Crippen molar-refractivity contribution in [3.8, 4) is 5.75 Å². The minimum absolute atomic E-state index is 0.0703. The molecule has 3 heteroatoms. The molecule has 0 amide bonds. The van der Waals surface area contributed by atoms with Crippen LogP contribution in [-0.4, -0.2) is 7.11 Å². The van der Waals surface area contributed by atoms with Gasteiger partial charge in [-0.15, -0.1) is 0 Å². The van der Waals surface area contributed by atoms with E-state index in [0.717, 1.165) is 18.6 Å². The number of hydrogen-bond donors (Lipinski definition) is 1. The molecule has 1 aliphatic carbocycles. The lowest BCUT2D eigenvalue weighted by Crippen LogP contribution is -2.05. The molecule has 0 saturated heterocycles. The molecule has 2 rings (SSSR count). The van der Waals surface area contributed by atoms with Crippen molar-refractivity contribution >= 4 is 0 Å². The number of benzene rings is 1. The van der Waals surface area contributed by atoms with Gasteiger partial charge in [-0.25, -0.2) is 5.90 Å². The molecule has 0 saturated carbocycles. The first-order valence-electron chi connectivity index (χ1n) is 4.37. The Kier molecular flexibility index (Phi) is 2.20. The number of ether oxygens (including phenoxy) is 1. The van der Waals surface area contributed by atoms with Crippen LogP contribution in [-0.2, 0) is 11.3 Å². The van der Waals surface area contributed by atoms with Crippen LogP contribution < -0.4 is 10.6 Å². The van der Waals surface area contributed by atoms with Crippen molar-refractivity contribution in [2.24, 2.45) is 5.90 Å². The smallest absolute Gasteiger partial charge is 0.119 e. The summed E-state index contributed by atoms with van der Waals surface area (Å²) in [6, 6.07) is 6.02. The summed E-state index contributed by atoms with van der Waals surface area (Å²) in [5, 5.41) is 0. The Morgan fingerprint density at radius 3 is 3.00 bits per heavy atom. The Balaban J connectivity index is 2.34. The van der Waals surface area contributed by atoms with Gasteiger partial charge in [0.25, 0.3) is 0 Å². The van der Waals surface area contributed by atoms with Crippen molar-refractivity contribution in [1.82, 2.24) is 0 Å². The summed E-state index contributed by atoms with van der Waals surface area (Å²) in [7, 11) is 1.67.